The van der Waals surface area contributed by atoms with Gasteiger partial charge >= 0.3 is 0 Å². The molecule has 0 aliphatic carbocycles. The van der Waals surface area contributed by atoms with Gasteiger partial charge in [0.05, 0.1) is 32.3 Å². The Hall–Kier alpha value is -3.11. The van der Waals surface area contributed by atoms with E-state index in [2.05, 4.69) is 64.1 Å². The highest BCUT2D eigenvalue weighted by Crippen LogP contribution is 2.39. The van der Waals surface area contributed by atoms with Crippen LogP contribution in [-0.4, -0.2) is 9.55 Å². The minimum Gasteiger partial charge on any atom is -0.439 e. The van der Waals surface area contributed by atoms with Crippen LogP contribution >= 0.6 is 11.3 Å². The number of para-hydroxylation sites is 2. The highest BCUT2D eigenvalue weighted by atomic mass is 32.1. The van der Waals surface area contributed by atoms with E-state index < -0.39 is 0 Å². The van der Waals surface area contributed by atoms with Crippen molar-refractivity contribution in [3.8, 4) is 5.69 Å². The second-order valence-corrected chi connectivity index (χ2v) is 7.02. The molecule has 0 aliphatic heterocycles. The van der Waals surface area contributed by atoms with Crippen LogP contribution in [0, 0.1) is 0 Å². The summed E-state index contributed by atoms with van der Waals surface area (Å²) in [5.41, 5.74) is 7.00. The Labute approximate surface area is 146 Å². The van der Waals surface area contributed by atoms with Crippen molar-refractivity contribution in [2.75, 3.05) is 0 Å². The minimum absolute atomic E-state index is 0.895. The number of hydrogen-bond donors (Lipinski definition) is 0. The number of thiazole rings is 1. The Kier molecular flexibility index (Phi) is 2.49. The van der Waals surface area contributed by atoms with Gasteiger partial charge < -0.3 is 4.42 Å². The van der Waals surface area contributed by atoms with Gasteiger partial charge in [0.15, 0.2) is 0 Å². The van der Waals surface area contributed by atoms with Crippen LogP contribution in [0.5, 0.6) is 0 Å². The number of fused-ring (bicyclic) bond motifs is 6. The van der Waals surface area contributed by atoms with Gasteiger partial charge in [-0.2, -0.15) is 0 Å². The maximum atomic E-state index is 6.27. The lowest BCUT2D eigenvalue weighted by molar-refractivity contribution is 0.645. The first-order valence-corrected chi connectivity index (χ1v) is 9.02. The molecule has 118 valence electrons. The largest absolute Gasteiger partial charge is 0.439 e. The summed E-state index contributed by atoms with van der Waals surface area (Å²) < 4.78 is 9.66. The second kappa shape index (κ2) is 4.71. The van der Waals surface area contributed by atoms with Crippen molar-refractivity contribution in [1.82, 2.24) is 9.55 Å². The first kappa shape index (κ1) is 13.2. The van der Waals surface area contributed by atoms with Gasteiger partial charge in [-0.15, -0.1) is 11.3 Å². The molecule has 0 aliphatic rings. The van der Waals surface area contributed by atoms with E-state index in [4.69, 9.17) is 4.42 Å². The summed E-state index contributed by atoms with van der Waals surface area (Å²) in [6.45, 7) is 0. The van der Waals surface area contributed by atoms with Crippen LogP contribution in [0.15, 0.2) is 76.7 Å². The molecule has 0 atom stereocenters. The van der Waals surface area contributed by atoms with E-state index in [1.807, 2.05) is 17.6 Å². The summed E-state index contributed by atoms with van der Waals surface area (Å²) in [5.74, 6) is 0. The summed E-state index contributed by atoms with van der Waals surface area (Å²) in [7, 11) is 0. The predicted molar refractivity (Wildman–Crippen MR) is 104 cm³/mol. The van der Waals surface area contributed by atoms with E-state index in [9.17, 15) is 0 Å². The van der Waals surface area contributed by atoms with Gasteiger partial charge in [-0.05, 0) is 30.3 Å². The normalized spacial score (nSPS) is 12.0. The summed E-state index contributed by atoms with van der Waals surface area (Å²) in [4.78, 5) is 4.39. The molecule has 0 radical (unpaired) electrons. The molecule has 6 rings (SSSR count). The van der Waals surface area contributed by atoms with Gasteiger partial charge in [0.25, 0.3) is 0 Å². The molecule has 0 unspecified atom stereocenters. The Balaban J connectivity index is 1.83. The molecule has 0 N–H and O–H groups in total. The molecular formula is C21H12N2OS. The fourth-order valence-electron chi connectivity index (χ4n) is 3.68. The summed E-state index contributed by atoms with van der Waals surface area (Å²) in [5, 5.41) is 3.55. The maximum Gasteiger partial charge on any atom is 0.213 e. The Bertz CT molecular complexity index is 1400. The minimum atomic E-state index is 0.895. The predicted octanol–water partition coefficient (Wildman–Crippen LogP) is 6.14. The molecule has 3 heterocycles. The van der Waals surface area contributed by atoms with Crippen molar-refractivity contribution in [3.05, 3.63) is 72.2 Å². The molecule has 0 bridgehead atoms. The number of furan rings is 1. The van der Waals surface area contributed by atoms with Crippen LogP contribution in [0.1, 0.15) is 0 Å². The molecule has 3 aromatic carbocycles. The molecule has 0 saturated carbocycles. The second-order valence-electron chi connectivity index (χ2n) is 6.14. The molecular weight excluding hydrogens is 328 g/mol. The lowest BCUT2D eigenvalue weighted by atomic mass is 10.1. The van der Waals surface area contributed by atoms with E-state index in [1.165, 1.54) is 15.5 Å². The van der Waals surface area contributed by atoms with E-state index >= 15 is 0 Å². The van der Waals surface area contributed by atoms with Crippen LogP contribution < -0.4 is 0 Å². The zero-order chi connectivity index (χ0) is 16.4. The van der Waals surface area contributed by atoms with Crippen molar-refractivity contribution >= 4 is 54.5 Å². The SMILES string of the molecule is c1ccc2c(c1)oc1c2c2ccccc2n1-c1ccc2ncsc2c1. The highest BCUT2D eigenvalue weighted by molar-refractivity contribution is 7.16. The third kappa shape index (κ3) is 1.72. The molecule has 0 fully saturated rings. The van der Waals surface area contributed by atoms with Crippen LogP contribution in [0.3, 0.4) is 0 Å². The summed E-state index contributed by atoms with van der Waals surface area (Å²) >= 11 is 1.66. The van der Waals surface area contributed by atoms with E-state index in [1.54, 1.807) is 11.3 Å². The molecule has 3 aromatic heterocycles. The third-order valence-corrected chi connectivity index (χ3v) is 5.56. The van der Waals surface area contributed by atoms with Crippen molar-refractivity contribution in [2.24, 2.45) is 0 Å². The molecule has 0 spiro atoms. The average Bonchev–Trinajstić information content (AvgIpc) is 3.33. The summed E-state index contributed by atoms with van der Waals surface area (Å²) in [6.07, 6.45) is 0. The molecule has 3 nitrogen and oxygen atoms in total. The van der Waals surface area contributed by atoms with Gasteiger partial charge in [0.1, 0.15) is 5.58 Å². The fourth-order valence-corrected chi connectivity index (χ4v) is 4.39. The van der Waals surface area contributed by atoms with Gasteiger partial charge in [-0.3, -0.25) is 4.57 Å². The van der Waals surface area contributed by atoms with Gasteiger partial charge in [0, 0.05) is 10.8 Å². The first-order valence-electron chi connectivity index (χ1n) is 8.14. The van der Waals surface area contributed by atoms with E-state index in [0.717, 1.165) is 33.4 Å². The van der Waals surface area contributed by atoms with Crippen molar-refractivity contribution in [1.29, 1.82) is 0 Å². The highest BCUT2D eigenvalue weighted by Gasteiger charge is 2.18. The summed E-state index contributed by atoms with van der Waals surface area (Å²) in [6, 6.07) is 23.1. The number of rotatable bonds is 1. The first-order chi connectivity index (χ1) is 12.4. The number of nitrogens with zero attached hydrogens (tertiary/aromatic N) is 2. The zero-order valence-electron chi connectivity index (χ0n) is 13.1. The maximum absolute atomic E-state index is 6.27. The van der Waals surface area contributed by atoms with Crippen molar-refractivity contribution < 1.29 is 4.42 Å². The van der Waals surface area contributed by atoms with Crippen molar-refractivity contribution in [3.63, 3.8) is 0 Å². The Morgan fingerprint density at radius 1 is 0.880 bits per heavy atom. The molecule has 0 amide bonds. The molecule has 0 saturated heterocycles. The lowest BCUT2D eigenvalue weighted by Gasteiger charge is -2.06. The standard InChI is InChI=1S/C21H12N2OS/c1-3-7-17-14(5-1)20-15-6-2-4-8-18(15)24-21(20)23(17)13-9-10-16-19(11-13)25-12-22-16/h1-12H. The van der Waals surface area contributed by atoms with E-state index in [0.29, 0.717) is 0 Å². The smallest absolute Gasteiger partial charge is 0.213 e. The Morgan fingerprint density at radius 2 is 1.72 bits per heavy atom. The lowest BCUT2D eigenvalue weighted by Crippen LogP contribution is -1.92. The molecule has 4 heteroatoms. The van der Waals surface area contributed by atoms with Gasteiger partial charge in [-0.1, -0.05) is 36.4 Å². The van der Waals surface area contributed by atoms with E-state index in [-0.39, 0.29) is 0 Å². The topological polar surface area (TPSA) is 31.0 Å². The Morgan fingerprint density at radius 3 is 2.68 bits per heavy atom. The monoisotopic (exact) mass is 340 g/mol. The number of benzene rings is 3. The van der Waals surface area contributed by atoms with Crippen LogP contribution in [0.25, 0.3) is 48.9 Å². The van der Waals surface area contributed by atoms with Crippen molar-refractivity contribution in [2.45, 2.75) is 0 Å². The number of aromatic nitrogens is 2. The molecule has 25 heavy (non-hydrogen) atoms. The van der Waals surface area contributed by atoms with Crippen LogP contribution in [0.4, 0.5) is 0 Å². The fraction of sp³-hybridized carbons (Fsp3) is 0. The van der Waals surface area contributed by atoms with Gasteiger partial charge in [0.2, 0.25) is 5.71 Å². The van der Waals surface area contributed by atoms with Crippen LogP contribution in [0.2, 0.25) is 0 Å². The zero-order valence-corrected chi connectivity index (χ0v) is 14.0. The van der Waals surface area contributed by atoms with Crippen LogP contribution in [-0.2, 0) is 0 Å². The number of hydrogen-bond acceptors (Lipinski definition) is 3. The molecule has 6 aromatic rings. The van der Waals surface area contributed by atoms with Gasteiger partial charge in [-0.25, -0.2) is 4.98 Å². The quantitative estimate of drug-likeness (QED) is 0.360. The third-order valence-electron chi connectivity index (χ3n) is 4.77. The average molecular weight is 340 g/mol.